The standard InChI is InChI=1S/C53H36N2S/c1-54-47-24-21-37(29-44(47)45-28-35-13-5-6-14-36(35)32-50(45)54)38-23-26-51-46(30-38)53-41(18-10-20-52(53)56-51)39-22-25-49-43(31-39)42-17-7-8-19-48(42)55(49)40-16-9-15-34(27-40)33-11-3-2-4-12-33/h2-20,22-32,37H,21H2,1H3. The van der Waals surface area contributed by atoms with Crippen LogP contribution in [0.1, 0.15) is 17.9 Å². The number of fused-ring (bicyclic) bond motifs is 10. The molecule has 3 heterocycles. The number of hydrogen-bond donors (Lipinski definition) is 0. The first-order chi connectivity index (χ1) is 27.7. The number of hydrogen-bond acceptors (Lipinski definition) is 1. The molecule has 0 N–H and O–H groups in total. The number of thiophene rings is 1. The molecular weight excluding hydrogens is 697 g/mol. The van der Waals surface area contributed by atoms with E-state index in [4.69, 9.17) is 0 Å². The minimum absolute atomic E-state index is 0.314. The van der Waals surface area contributed by atoms with Crippen molar-refractivity contribution < 1.29 is 0 Å². The van der Waals surface area contributed by atoms with Crippen molar-refractivity contribution in [1.29, 1.82) is 0 Å². The number of rotatable bonds is 4. The van der Waals surface area contributed by atoms with Gasteiger partial charge in [-0.25, -0.2) is 0 Å². The summed E-state index contributed by atoms with van der Waals surface area (Å²) in [6, 6.07) is 63.0. The van der Waals surface area contributed by atoms with Crippen molar-refractivity contribution in [3.8, 4) is 27.9 Å². The van der Waals surface area contributed by atoms with Gasteiger partial charge in [0.15, 0.2) is 0 Å². The van der Waals surface area contributed by atoms with Crippen LogP contribution in [0.25, 0.3) is 104 Å². The van der Waals surface area contributed by atoms with Gasteiger partial charge in [0.05, 0.1) is 11.0 Å². The summed E-state index contributed by atoms with van der Waals surface area (Å²) >= 11 is 1.90. The summed E-state index contributed by atoms with van der Waals surface area (Å²) in [7, 11) is 2.21. The fourth-order valence-electron chi connectivity index (χ4n) is 9.52. The van der Waals surface area contributed by atoms with Crippen LogP contribution in [0.2, 0.25) is 0 Å². The first kappa shape index (κ1) is 31.6. The van der Waals surface area contributed by atoms with Crippen LogP contribution in [0.15, 0.2) is 170 Å². The summed E-state index contributed by atoms with van der Waals surface area (Å²) in [4.78, 5) is 0. The fourth-order valence-corrected chi connectivity index (χ4v) is 10.6. The Morgan fingerprint density at radius 1 is 0.518 bits per heavy atom. The third-order valence-corrected chi connectivity index (χ3v) is 13.4. The molecule has 0 amide bonds. The third-order valence-electron chi connectivity index (χ3n) is 12.2. The van der Waals surface area contributed by atoms with Crippen molar-refractivity contribution in [3.05, 3.63) is 186 Å². The Bertz CT molecular complexity index is 3520. The van der Waals surface area contributed by atoms with Crippen LogP contribution in [0.4, 0.5) is 0 Å². The predicted octanol–water partition coefficient (Wildman–Crippen LogP) is 12.9. The van der Waals surface area contributed by atoms with E-state index in [1.165, 1.54) is 108 Å². The summed E-state index contributed by atoms with van der Waals surface area (Å²) in [6.07, 6.45) is 5.98. The third kappa shape index (κ3) is 4.74. The highest BCUT2D eigenvalue weighted by molar-refractivity contribution is 7.25. The second-order valence-corrected chi connectivity index (χ2v) is 16.4. The Morgan fingerprint density at radius 3 is 2.21 bits per heavy atom. The highest BCUT2D eigenvalue weighted by Crippen LogP contribution is 2.43. The molecule has 1 aliphatic rings. The van der Waals surface area contributed by atoms with Crippen molar-refractivity contribution >= 4 is 87.1 Å². The van der Waals surface area contributed by atoms with E-state index in [0.717, 1.165) is 6.42 Å². The van der Waals surface area contributed by atoms with Gasteiger partial charge < -0.3 is 9.13 Å². The molecule has 3 aromatic heterocycles. The quantitative estimate of drug-likeness (QED) is 0.170. The van der Waals surface area contributed by atoms with E-state index < -0.39 is 0 Å². The Hall–Kier alpha value is -6.68. The normalized spacial score (nSPS) is 14.2. The smallest absolute Gasteiger partial charge is 0.0541 e. The molecule has 1 aliphatic carbocycles. The number of para-hydroxylation sites is 1. The zero-order valence-corrected chi connectivity index (χ0v) is 31.7. The first-order valence-electron chi connectivity index (χ1n) is 19.5. The molecule has 2 nitrogen and oxygen atoms in total. The number of aromatic nitrogens is 2. The van der Waals surface area contributed by atoms with E-state index in [-0.39, 0.29) is 0 Å². The van der Waals surface area contributed by atoms with E-state index in [1.807, 2.05) is 11.3 Å². The van der Waals surface area contributed by atoms with Crippen LogP contribution in [0.5, 0.6) is 0 Å². The van der Waals surface area contributed by atoms with Crippen molar-refractivity contribution in [2.24, 2.45) is 7.05 Å². The SMILES string of the molecule is Cn1c2c(c3cc4ccccc4cc31)=CC(c1ccc3sc4cccc(-c5ccc6c(c5)c5ccccc5n6-c5cccc(-c6ccccc6)c5)c4c3c1)CC=2. The van der Waals surface area contributed by atoms with Gasteiger partial charge in [-0.2, -0.15) is 0 Å². The summed E-state index contributed by atoms with van der Waals surface area (Å²) in [6.45, 7) is 0. The van der Waals surface area contributed by atoms with Gasteiger partial charge in [0.1, 0.15) is 0 Å². The summed E-state index contributed by atoms with van der Waals surface area (Å²) in [5.41, 5.74) is 11.3. The zero-order chi connectivity index (χ0) is 36.9. The van der Waals surface area contributed by atoms with Crippen molar-refractivity contribution in [3.63, 3.8) is 0 Å². The maximum atomic E-state index is 2.53. The van der Waals surface area contributed by atoms with Gasteiger partial charge in [-0.1, -0.05) is 121 Å². The van der Waals surface area contributed by atoms with Crippen molar-refractivity contribution in [2.75, 3.05) is 0 Å². The van der Waals surface area contributed by atoms with Crippen molar-refractivity contribution in [1.82, 2.24) is 9.13 Å². The van der Waals surface area contributed by atoms with Gasteiger partial charge in [0, 0.05) is 71.1 Å². The molecule has 56 heavy (non-hydrogen) atoms. The maximum absolute atomic E-state index is 2.53. The van der Waals surface area contributed by atoms with Gasteiger partial charge in [0.25, 0.3) is 0 Å². The van der Waals surface area contributed by atoms with E-state index in [1.54, 1.807) is 0 Å². The lowest BCUT2D eigenvalue weighted by Crippen LogP contribution is -2.31. The first-order valence-corrected chi connectivity index (χ1v) is 20.3. The Kier molecular flexibility index (Phi) is 6.87. The average molecular weight is 733 g/mol. The molecule has 11 aromatic rings. The van der Waals surface area contributed by atoms with E-state index in [2.05, 4.69) is 198 Å². The molecule has 1 atom stereocenters. The summed E-state index contributed by atoms with van der Waals surface area (Å²) in [5, 5.41) is 11.9. The number of aryl methyl sites for hydroxylation is 1. The van der Waals surface area contributed by atoms with Crippen LogP contribution in [0, 0.1) is 0 Å². The van der Waals surface area contributed by atoms with Gasteiger partial charge in [-0.05, 0) is 106 Å². The molecule has 0 spiro atoms. The molecule has 0 fully saturated rings. The molecule has 8 aromatic carbocycles. The van der Waals surface area contributed by atoms with Crippen LogP contribution >= 0.6 is 11.3 Å². The molecule has 12 rings (SSSR count). The fraction of sp³-hybridized carbons (Fsp3) is 0.0566. The van der Waals surface area contributed by atoms with E-state index in [9.17, 15) is 0 Å². The van der Waals surface area contributed by atoms with E-state index >= 15 is 0 Å². The molecule has 1 unspecified atom stereocenters. The van der Waals surface area contributed by atoms with Gasteiger partial charge in [-0.15, -0.1) is 11.3 Å². The maximum Gasteiger partial charge on any atom is 0.0541 e. The monoisotopic (exact) mass is 732 g/mol. The Labute approximate surface area is 328 Å². The average Bonchev–Trinajstić information content (AvgIpc) is 3.89. The molecule has 0 aliphatic heterocycles. The second kappa shape index (κ2) is 12.2. The van der Waals surface area contributed by atoms with Crippen LogP contribution in [0.3, 0.4) is 0 Å². The predicted molar refractivity (Wildman–Crippen MR) is 241 cm³/mol. The molecule has 3 heteroatoms. The minimum atomic E-state index is 0.314. The lowest BCUT2D eigenvalue weighted by Gasteiger charge is -2.14. The lowest BCUT2D eigenvalue weighted by atomic mass is 9.90. The lowest BCUT2D eigenvalue weighted by molar-refractivity contribution is 0.874. The van der Waals surface area contributed by atoms with Gasteiger partial charge in [-0.3, -0.25) is 0 Å². The Morgan fingerprint density at radius 2 is 1.30 bits per heavy atom. The Balaban J connectivity index is 0.999. The molecule has 264 valence electrons. The minimum Gasteiger partial charge on any atom is -0.344 e. The number of benzene rings is 8. The van der Waals surface area contributed by atoms with Crippen LogP contribution < -0.4 is 10.6 Å². The second-order valence-electron chi connectivity index (χ2n) is 15.3. The summed E-state index contributed by atoms with van der Waals surface area (Å²) < 4.78 is 7.47. The largest absolute Gasteiger partial charge is 0.344 e. The molecular formula is C53H36N2S. The van der Waals surface area contributed by atoms with E-state index in [0.29, 0.717) is 5.92 Å². The molecule has 0 saturated carbocycles. The van der Waals surface area contributed by atoms with Crippen LogP contribution in [-0.2, 0) is 7.05 Å². The number of nitrogens with zero attached hydrogens (tertiary/aromatic N) is 2. The van der Waals surface area contributed by atoms with Gasteiger partial charge >= 0.3 is 0 Å². The highest BCUT2D eigenvalue weighted by Gasteiger charge is 2.19. The highest BCUT2D eigenvalue weighted by atomic mass is 32.1. The van der Waals surface area contributed by atoms with Gasteiger partial charge in [0.2, 0.25) is 0 Å². The topological polar surface area (TPSA) is 9.86 Å². The molecule has 0 radical (unpaired) electrons. The molecule has 0 bridgehead atoms. The molecule has 0 saturated heterocycles. The van der Waals surface area contributed by atoms with Crippen molar-refractivity contribution in [2.45, 2.75) is 12.3 Å². The zero-order valence-electron chi connectivity index (χ0n) is 30.9. The van der Waals surface area contributed by atoms with Crippen LogP contribution in [-0.4, -0.2) is 9.13 Å². The summed E-state index contributed by atoms with van der Waals surface area (Å²) in [5.74, 6) is 0.314.